The monoisotopic (exact) mass is 142 g/mol. The fraction of sp³-hybridized carbons (Fsp3) is 0. The van der Waals surface area contributed by atoms with Gasteiger partial charge >= 0.3 is 0 Å². The highest BCUT2D eigenvalue weighted by Crippen LogP contribution is 2.13. The molecule has 1 heterocycles. The van der Waals surface area contributed by atoms with E-state index < -0.39 is 0 Å². The topological polar surface area (TPSA) is 42.3 Å². The Morgan fingerprint density at radius 1 is 1.67 bits per heavy atom. The van der Waals surface area contributed by atoms with Crippen LogP contribution < -0.4 is 0 Å². The molecule has 0 bridgehead atoms. The molecule has 0 saturated heterocycles. The van der Waals surface area contributed by atoms with Gasteiger partial charge in [0.1, 0.15) is 0 Å². The first-order chi connectivity index (χ1) is 4.33. The molecule has 0 radical (unpaired) electrons. The Hall–Kier alpha value is -0.960. The molecule has 0 unspecified atom stereocenters. The second kappa shape index (κ2) is 2.55. The van der Waals surface area contributed by atoms with Crippen molar-refractivity contribution >= 4 is 17.4 Å². The molecule has 0 aromatic carbocycles. The van der Waals surface area contributed by atoms with Crippen molar-refractivity contribution in [2.45, 2.75) is 0 Å². The number of hydrogen-bond acceptors (Lipinski definition) is 3. The average molecular weight is 143 g/mol. The third-order valence-corrected chi connectivity index (χ3v) is 1.04. The SMILES string of the molecule is O=Nc1cc(Cl)ccn1. The van der Waals surface area contributed by atoms with Crippen LogP contribution in [-0.2, 0) is 0 Å². The quantitative estimate of drug-likeness (QED) is 0.564. The molecule has 0 saturated carbocycles. The smallest absolute Gasteiger partial charge is 0.197 e. The molecular weight excluding hydrogens is 140 g/mol. The van der Waals surface area contributed by atoms with Crippen LogP contribution in [0.15, 0.2) is 23.5 Å². The van der Waals surface area contributed by atoms with E-state index in [4.69, 9.17) is 11.6 Å². The molecule has 0 fully saturated rings. The largest absolute Gasteiger partial charge is 0.234 e. The maximum atomic E-state index is 9.79. The molecule has 9 heavy (non-hydrogen) atoms. The third-order valence-electron chi connectivity index (χ3n) is 0.801. The summed E-state index contributed by atoms with van der Waals surface area (Å²) in [7, 11) is 0. The second-order valence-electron chi connectivity index (χ2n) is 1.42. The summed E-state index contributed by atoms with van der Waals surface area (Å²) in [6.45, 7) is 0. The molecule has 4 heteroatoms. The Kier molecular flexibility index (Phi) is 1.75. The summed E-state index contributed by atoms with van der Waals surface area (Å²) in [5.41, 5.74) is 0. The first kappa shape index (κ1) is 6.16. The standard InChI is InChI=1S/C5H3ClN2O/c6-4-1-2-7-5(3-4)8-9/h1-3H. The highest BCUT2D eigenvalue weighted by molar-refractivity contribution is 6.30. The molecule has 1 rings (SSSR count). The molecule has 0 N–H and O–H groups in total. The molecule has 0 aliphatic carbocycles. The van der Waals surface area contributed by atoms with Gasteiger partial charge in [-0.15, -0.1) is 4.91 Å². The lowest BCUT2D eigenvalue weighted by molar-refractivity contribution is 1.27. The summed E-state index contributed by atoms with van der Waals surface area (Å²) in [4.78, 5) is 13.4. The van der Waals surface area contributed by atoms with Crippen LogP contribution >= 0.6 is 11.6 Å². The van der Waals surface area contributed by atoms with Crippen LogP contribution in [0.5, 0.6) is 0 Å². The zero-order valence-corrected chi connectivity index (χ0v) is 5.17. The van der Waals surface area contributed by atoms with Gasteiger partial charge in [-0.25, -0.2) is 4.98 Å². The van der Waals surface area contributed by atoms with Crippen LogP contribution in [-0.4, -0.2) is 4.98 Å². The molecule has 1 aromatic rings. The number of halogens is 1. The molecule has 3 nitrogen and oxygen atoms in total. The second-order valence-corrected chi connectivity index (χ2v) is 1.86. The first-order valence-corrected chi connectivity index (χ1v) is 2.65. The molecule has 1 aromatic heterocycles. The normalized spacial score (nSPS) is 9.00. The maximum absolute atomic E-state index is 9.79. The number of nitroso groups, excluding NO2 is 1. The Labute approximate surface area is 56.6 Å². The Balaban J connectivity index is 3.07. The van der Waals surface area contributed by atoms with Crippen LogP contribution in [0.3, 0.4) is 0 Å². The predicted octanol–water partition coefficient (Wildman–Crippen LogP) is 2.13. The van der Waals surface area contributed by atoms with Crippen molar-refractivity contribution in [3.05, 3.63) is 28.3 Å². The summed E-state index contributed by atoms with van der Waals surface area (Å²) in [5.74, 6) is 0.113. The van der Waals surface area contributed by atoms with Gasteiger partial charge < -0.3 is 0 Å². The van der Waals surface area contributed by atoms with Crippen LogP contribution in [0.1, 0.15) is 0 Å². The Bertz CT molecular complexity index is 226. The lowest BCUT2D eigenvalue weighted by Crippen LogP contribution is -1.69. The molecule has 0 amide bonds. The highest BCUT2D eigenvalue weighted by atomic mass is 35.5. The van der Waals surface area contributed by atoms with E-state index in [1.165, 1.54) is 12.3 Å². The predicted molar refractivity (Wildman–Crippen MR) is 34.7 cm³/mol. The van der Waals surface area contributed by atoms with Crippen LogP contribution in [0.2, 0.25) is 5.02 Å². The van der Waals surface area contributed by atoms with Crippen LogP contribution in [0, 0.1) is 4.91 Å². The minimum absolute atomic E-state index is 0.113. The third kappa shape index (κ3) is 1.47. The van der Waals surface area contributed by atoms with Crippen molar-refractivity contribution in [3.8, 4) is 0 Å². The number of nitrogens with zero attached hydrogens (tertiary/aromatic N) is 2. The maximum Gasteiger partial charge on any atom is 0.197 e. The summed E-state index contributed by atoms with van der Waals surface area (Å²) in [6, 6.07) is 2.98. The van der Waals surface area contributed by atoms with Gasteiger partial charge in [0.2, 0.25) is 0 Å². The van der Waals surface area contributed by atoms with Crippen molar-refractivity contribution in [2.75, 3.05) is 0 Å². The van der Waals surface area contributed by atoms with Crippen LogP contribution in [0.4, 0.5) is 5.82 Å². The van der Waals surface area contributed by atoms with Gasteiger partial charge in [0.25, 0.3) is 0 Å². The van der Waals surface area contributed by atoms with E-state index in [-0.39, 0.29) is 5.82 Å². The summed E-state index contributed by atoms with van der Waals surface area (Å²) < 4.78 is 0. The van der Waals surface area contributed by atoms with E-state index in [9.17, 15) is 4.91 Å². The van der Waals surface area contributed by atoms with Gasteiger partial charge in [0, 0.05) is 17.3 Å². The number of aromatic nitrogens is 1. The lowest BCUT2D eigenvalue weighted by Gasteiger charge is -1.85. The first-order valence-electron chi connectivity index (χ1n) is 2.28. The summed E-state index contributed by atoms with van der Waals surface area (Å²) in [5, 5.41) is 3.06. The molecule has 0 atom stereocenters. The fourth-order valence-electron chi connectivity index (χ4n) is 0.443. The van der Waals surface area contributed by atoms with E-state index in [0.29, 0.717) is 5.02 Å². The number of pyridine rings is 1. The van der Waals surface area contributed by atoms with E-state index in [2.05, 4.69) is 10.2 Å². The summed E-state index contributed by atoms with van der Waals surface area (Å²) in [6.07, 6.45) is 1.43. The van der Waals surface area contributed by atoms with Crippen molar-refractivity contribution in [2.24, 2.45) is 5.18 Å². The van der Waals surface area contributed by atoms with Crippen LogP contribution in [0.25, 0.3) is 0 Å². The number of rotatable bonds is 1. The van der Waals surface area contributed by atoms with E-state index in [1.54, 1.807) is 6.07 Å². The van der Waals surface area contributed by atoms with Gasteiger partial charge in [-0.05, 0) is 11.2 Å². The molecule has 0 aliphatic rings. The fourth-order valence-corrected chi connectivity index (χ4v) is 0.597. The molecule has 0 aliphatic heterocycles. The number of hydrogen-bond donors (Lipinski definition) is 0. The van der Waals surface area contributed by atoms with Crippen molar-refractivity contribution in [1.29, 1.82) is 0 Å². The minimum atomic E-state index is 0.113. The zero-order valence-electron chi connectivity index (χ0n) is 4.41. The molecular formula is C5H3ClN2O. The Morgan fingerprint density at radius 2 is 2.44 bits per heavy atom. The van der Waals surface area contributed by atoms with E-state index >= 15 is 0 Å². The lowest BCUT2D eigenvalue weighted by atomic mass is 10.5. The van der Waals surface area contributed by atoms with Gasteiger partial charge in [-0.3, -0.25) is 0 Å². The average Bonchev–Trinajstić information content (AvgIpc) is 1.88. The Morgan fingerprint density at radius 3 is 2.89 bits per heavy atom. The van der Waals surface area contributed by atoms with Gasteiger partial charge in [-0.2, -0.15) is 0 Å². The molecule has 0 spiro atoms. The van der Waals surface area contributed by atoms with Crippen molar-refractivity contribution in [1.82, 2.24) is 4.98 Å². The van der Waals surface area contributed by atoms with Crippen molar-refractivity contribution < 1.29 is 0 Å². The van der Waals surface area contributed by atoms with E-state index in [1.807, 2.05) is 0 Å². The zero-order chi connectivity index (χ0) is 6.69. The van der Waals surface area contributed by atoms with Gasteiger partial charge in [-0.1, -0.05) is 11.6 Å². The van der Waals surface area contributed by atoms with E-state index in [0.717, 1.165) is 0 Å². The summed E-state index contributed by atoms with van der Waals surface area (Å²) >= 11 is 5.48. The van der Waals surface area contributed by atoms with Gasteiger partial charge in [0.15, 0.2) is 5.82 Å². The van der Waals surface area contributed by atoms with Crippen molar-refractivity contribution in [3.63, 3.8) is 0 Å². The molecule has 46 valence electrons. The minimum Gasteiger partial charge on any atom is -0.234 e. The van der Waals surface area contributed by atoms with Gasteiger partial charge in [0.05, 0.1) is 0 Å². The highest BCUT2D eigenvalue weighted by Gasteiger charge is 1.90.